The molecule has 0 spiro atoms. The van der Waals surface area contributed by atoms with Crippen LogP contribution in [0.2, 0.25) is 0 Å². The minimum absolute atomic E-state index is 0.210. The average Bonchev–Trinajstić information content (AvgIpc) is 2.48. The third-order valence-corrected chi connectivity index (χ3v) is 2.80. The fourth-order valence-electron chi connectivity index (χ4n) is 1.87. The van der Waals surface area contributed by atoms with E-state index in [2.05, 4.69) is 20.5 Å². The lowest BCUT2D eigenvalue weighted by atomic mass is 10.2. The number of phenols is 1. The molecule has 20 heavy (non-hydrogen) atoms. The number of hydrogen-bond acceptors (Lipinski definition) is 5. The van der Waals surface area contributed by atoms with Gasteiger partial charge in [-0.05, 0) is 29.8 Å². The highest BCUT2D eigenvalue weighted by atomic mass is 16.3. The number of nitrogens with zero attached hydrogens (tertiary/aromatic N) is 3. The van der Waals surface area contributed by atoms with Gasteiger partial charge >= 0.3 is 0 Å². The minimum atomic E-state index is 0.210. The second-order valence-corrected chi connectivity index (χ2v) is 4.20. The Morgan fingerprint density at radius 3 is 2.85 bits per heavy atom. The molecule has 2 N–H and O–H groups in total. The Kier molecular flexibility index (Phi) is 3.24. The Bertz CT molecular complexity index is 765. The molecule has 1 heterocycles. The first-order chi connectivity index (χ1) is 9.83. The van der Waals surface area contributed by atoms with Gasteiger partial charge in [-0.25, -0.2) is 9.97 Å². The van der Waals surface area contributed by atoms with Crippen molar-refractivity contribution in [3.8, 4) is 5.75 Å². The van der Waals surface area contributed by atoms with Crippen LogP contribution in [0.25, 0.3) is 10.9 Å². The Balaban J connectivity index is 1.84. The summed E-state index contributed by atoms with van der Waals surface area (Å²) in [7, 11) is 0. The molecule has 3 aromatic rings. The van der Waals surface area contributed by atoms with Crippen LogP contribution in [-0.4, -0.2) is 21.3 Å². The van der Waals surface area contributed by atoms with E-state index < -0.39 is 0 Å². The van der Waals surface area contributed by atoms with E-state index in [-0.39, 0.29) is 5.75 Å². The van der Waals surface area contributed by atoms with Crippen LogP contribution in [0.1, 0.15) is 5.56 Å². The lowest BCUT2D eigenvalue weighted by Crippen LogP contribution is -1.95. The van der Waals surface area contributed by atoms with E-state index in [1.807, 2.05) is 30.3 Å². The predicted octanol–water partition coefficient (Wildman–Crippen LogP) is 2.78. The molecular weight excluding hydrogens is 252 g/mol. The highest BCUT2D eigenvalue weighted by Gasteiger charge is 2.00. The van der Waals surface area contributed by atoms with Crippen molar-refractivity contribution in [2.75, 3.05) is 5.43 Å². The summed E-state index contributed by atoms with van der Waals surface area (Å²) in [6.45, 7) is 0. The van der Waals surface area contributed by atoms with E-state index >= 15 is 0 Å². The average molecular weight is 264 g/mol. The smallest absolute Gasteiger partial charge is 0.157 e. The van der Waals surface area contributed by atoms with Gasteiger partial charge in [-0.15, -0.1) is 0 Å². The standard InChI is InChI=1S/C15H12N4O/c20-12-5-3-4-11(8-12)9-18-19-15-13-6-1-2-7-14(13)16-10-17-15/h1-10,20H,(H,16,17,19). The molecule has 98 valence electrons. The number of phenolic OH excluding ortho intramolecular Hbond substituents is 1. The molecule has 2 aromatic carbocycles. The van der Waals surface area contributed by atoms with Crippen molar-refractivity contribution in [1.29, 1.82) is 0 Å². The summed E-state index contributed by atoms with van der Waals surface area (Å²) in [6.07, 6.45) is 3.12. The molecule has 5 nitrogen and oxygen atoms in total. The van der Waals surface area contributed by atoms with Gasteiger partial charge in [0.05, 0.1) is 11.7 Å². The zero-order valence-corrected chi connectivity index (χ0v) is 10.6. The molecule has 0 amide bonds. The van der Waals surface area contributed by atoms with Crippen molar-refractivity contribution < 1.29 is 5.11 Å². The Morgan fingerprint density at radius 1 is 1.05 bits per heavy atom. The summed E-state index contributed by atoms with van der Waals surface area (Å²) in [4.78, 5) is 8.35. The molecule has 0 aliphatic rings. The molecule has 0 aliphatic heterocycles. The third-order valence-electron chi connectivity index (χ3n) is 2.80. The van der Waals surface area contributed by atoms with Crippen LogP contribution in [0, 0.1) is 0 Å². The highest BCUT2D eigenvalue weighted by Crippen LogP contribution is 2.18. The molecular formula is C15H12N4O. The van der Waals surface area contributed by atoms with Crippen LogP contribution in [0.4, 0.5) is 5.82 Å². The van der Waals surface area contributed by atoms with E-state index in [1.165, 1.54) is 6.33 Å². The third kappa shape index (κ3) is 2.56. The predicted molar refractivity (Wildman–Crippen MR) is 78.9 cm³/mol. The first kappa shape index (κ1) is 12.1. The molecule has 0 atom stereocenters. The van der Waals surface area contributed by atoms with E-state index in [4.69, 9.17) is 0 Å². The summed E-state index contributed by atoms with van der Waals surface area (Å²) >= 11 is 0. The number of hydrogen-bond donors (Lipinski definition) is 2. The van der Waals surface area contributed by atoms with Crippen molar-refractivity contribution in [2.24, 2.45) is 5.10 Å². The Morgan fingerprint density at radius 2 is 1.95 bits per heavy atom. The van der Waals surface area contributed by atoms with Gasteiger partial charge in [-0.3, -0.25) is 5.43 Å². The molecule has 0 saturated heterocycles. The first-order valence-electron chi connectivity index (χ1n) is 6.11. The zero-order chi connectivity index (χ0) is 13.8. The maximum absolute atomic E-state index is 9.37. The normalized spacial score (nSPS) is 11.0. The lowest BCUT2D eigenvalue weighted by molar-refractivity contribution is 0.475. The van der Waals surface area contributed by atoms with Crippen LogP contribution < -0.4 is 5.43 Å². The number of hydrazone groups is 1. The van der Waals surface area contributed by atoms with Gasteiger partial charge in [-0.2, -0.15) is 5.10 Å². The van der Waals surface area contributed by atoms with Crippen molar-refractivity contribution in [2.45, 2.75) is 0 Å². The number of para-hydroxylation sites is 1. The van der Waals surface area contributed by atoms with Crippen LogP contribution in [-0.2, 0) is 0 Å². The number of anilines is 1. The van der Waals surface area contributed by atoms with Crippen LogP contribution >= 0.6 is 0 Å². The molecule has 0 radical (unpaired) electrons. The van der Waals surface area contributed by atoms with E-state index in [1.54, 1.807) is 24.4 Å². The summed E-state index contributed by atoms with van der Waals surface area (Å²) in [6, 6.07) is 14.6. The SMILES string of the molecule is Oc1cccc(C=NNc2ncnc3ccccc23)c1. The van der Waals surface area contributed by atoms with Gasteiger partial charge in [0.25, 0.3) is 0 Å². The van der Waals surface area contributed by atoms with Gasteiger partial charge < -0.3 is 5.11 Å². The second-order valence-electron chi connectivity index (χ2n) is 4.20. The largest absolute Gasteiger partial charge is 0.508 e. The van der Waals surface area contributed by atoms with E-state index in [9.17, 15) is 5.11 Å². The summed E-state index contributed by atoms with van der Waals surface area (Å²) in [5.74, 6) is 0.855. The van der Waals surface area contributed by atoms with Crippen molar-refractivity contribution >= 4 is 22.9 Å². The summed E-state index contributed by atoms with van der Waals surface area (Å²) in [5.41, 5.74) is 4.55. The van der Waals surface area contributed by atoms with Gasteiger partial charge in [0, 0.05) is 5.39 Å². The van der Waals surface area contributed by atoms with Gasteiger partial charge in [-0.1, -0.05) is 24.3 Å². The molecule has 0 unspecified atom stereocenters. The molecule has 3 rings (SSSR count). The lowest BCUT2D eigenvalue weighted by Gasteiger charge is -2.03. The van der Waals surface area contributed by atoms with E-state index in [0.29, 0.717) is 5.82 Å². The van der Waals surface area contributed by atoms with Crippen LogP contribution in [0.5, 0.6) is 5.75 Å². The fourth-order valence-corrected chi connectivity index (χ4v) is 1.87. The van der Waals surface area contributed by atoms with Crippen LogP contribution in [0.15, 0.2) is 60.0 Å². The number of aromatic nitrogens is 2. The van der Waals surface area contributed by atoms with Gasteiger partial charge in [0.2, 0.25) is 0 Å². The van der Waals surface area contributed by atoms with E-state index in [0.717, 1.165) is 16.5 Å². The Hall–Kier alpha value is -2.95. The number of benzene rings is 2. The van der Waals surface area contributed by atoms with Crippen molar-refractivity contribution in [3.05, 3.63) is 60.4 Å². The number of rotatable bonds is 3. The molecule has 5 heteroatoms. The summed E-state index contributed by atoms with van der Waals surface area (Å²) in [5, 5.41) is 14.4. The topological polar surface area (TPSA) is 70.4 Å². The van der Waals surface area contributed by atoms with Crippen LogP contribution in [0.3, 0.4) is 0 Å². The fraction of sp³-hybridized carbons (Fsp3) is 0. The zero-order valence-electron chi connectivity index (χ0n) is 10.6. The maximum atomic E-state index is 9.37. The molecule has 0 aliphatic carbocycles. The second kappa shape index (κ2) is 5.36. The molecule has 0 fully saturated rings. The number of nitrogens with one attached hydrogen (secondary N) is 1. The quantitative estimate of drug-likeness (QED) is 0.563. The van der Waals surface area contributed by atoms with Gasteiger partial charge in [0.1, 0.15) is 12.1 Å². The minimum Gasteiger partial charge on any atom is -0.508 e. The maximum Gasteiger partial charge on any atom is 0.157 e. The molecule has 0 bridgehead atoms. The molecule has 0 saturated carbocycles. The number of aromatic hydroxyl groups is 1. The summed E-state index contributed by atoms with van der Waals surface area (Å²) < 4.78 is 0. The molecule has 1 aromatic heterocycles. The monoisotopic (exact) mass is 264 g/mol. The van der Waals surface area contributed by atoms with Crippen molar-refractivity contribution in [3.63, 3.8) is 0 Å². The number of fused-ring (bicyclic) bond motifs is 1. The first-order valence-corrected chi connectivity index (χ1v) is 6.11. The Labute approximate surface area is 115 Å². The van der Waals surface area contributed by atoms with Crippen molar-refractivity contribution in [1.82, 2.24) is 9.97 Å². The highest BCUT2D eigenvalue weighted by molar-refractivity contribution is 5.89. The van der Waals surface area contributed by atoms with Gasteiger partial charge in [0.15, 0.2) is 5.82 Å².